The molecule has 0 radical (unpaired) electrons. The molecule has 0 saturated carbocycles. The van der Waals surface area contributed by atoms with Crippen molar-refractivity contribution in [1.82, 2.24) is 10.3 Å². The maximum Gasteiger partial charge on any atom is 0.269 e. The number of ketones is 1. The molecule has 0 amide bonds. The minimum absolute atomic E-state index is 0.0901. The average molecular weight is 370 g/mol. The first-order chi connectivity index (χ1) is 13.5. The fourth-order valence-corrected chi connectivity index (χ4v) is 4.79. The van der Waals surface area contributed by atoms with Crippen molar-refractivity contribution in [3.63, 3.8) is 0 Å². The second-order valence-corrected chi connectivity index (χ2v) is 8.23. The van der Waals surface area contributed by atoms with Crippen molar-refractivity contribution in [1.29, 1.82) is 0 Å². The second kappa shape index (κ2) is 6.02. The normalized spacial score (nSPS) is 19.8. The summed E-state index contributed by atoms with van der Waals surface area (Å²) in [5.74, 6) is 0.481. The molecule has 5 nitrogen and oxygen atoms in total. The summed E-state index contributed by atoms with van der Waals surface area (Å²) in [6, 6.07) is 9.90. The minimum Gasteiger partial charge on any atom is -0.369 e. The largest absolute Gasteiger partial charge is 0.369 e. The van der Waals surface area contributed by atoms with Crippen molar-refractivity contribution in [3.8, 4) is 0 Å². The van der Waals surface area contributed by atoms with Gasteiger partial charge in [0, 0.05) is 60.4 Å². The van der Waals surface area contributed by atoms with Crippen LogP contribution in [0.5, 0.6) is 0 Å². The van der Waals surface area contributed by atoms with Gasteiger partial charge in [-0.15, -0.1) is 4.98 Å². The number of hydrogen-bond donors (Lipinski definition) is 1. The Morgan fingerprint density at radius 2 is 1.89 bits per heavy atom. The van der Waals surface area contributed by atoms with E-state index >= 15 is 0 Å². The summed E-state index contributed by atoms with van der Waals surface area (Å²) in [5.41, 5.74) is 6.52. The third-order valence-electron chi connectivity index (χ3n) is 6.37. The Hall–Kier alpha value is -2.97. The summed E-state index contributed by atoms with van der Waals surface area (Å²) < 4.78 is 0. The molecule has 28 heavy (non-hydrogen) atoms. The molecule has 1 fully saturated rings. The maximum absolute atomic E-state index is 13.4. The Morgan fingerprint density at radius 3 is 2.64 bits per heavy atom. The molecule has 1 aromatic carbocycles. The first-order valence-electron chi connectivity index (χ1n) is 9.77. The Balaban J connectivity index is 1.62. The SMILES string of the molecule is [C-]#[N+]c1ccc2c(n1)CC1=C2C(=O)c2ccc(N3CCNCC3)cc2C1(C)C. The summed E-state index contributed by atoms with van der Waals surface area (Å²) in [5, 5.41) is 3.39. The average Bonchev–Trinajstić information content (AvgIpc) is 3.12. The molecule has 2 aliphatic carbocycles. The van der Waals surface area contributed by atoms with Gasteiger partial charge in [-0.25, -0.2) is 0 Å². The van der Waals surface area contributed by atoms with E-state index in [1.165, 1.54) is 5.69 Å². The molecule has 1 saturated heterocycles. The van der Waals surface area contributed by atoms with Gasteiger partial charge in [-0.3, -0.25) is 4.79 Å². The second-order valence-electron chi connectivity index (χ2n) is 8.23. The van der Waals surface area contributed by atoms with Crippen LogP contribution < -0.4 is 10.2 Å². The number of rotatable bonds is 1. The third-order valence-corrected chi connectivity index (χ3v) is 6.37. The van der Waals surface area contributed by atoms with E-state index < -0.39 is 0 Å². The number of aromatic nitrogens is 1. The highest BCUT2D eigenvalue weighted by Gasteiger charge is 2.44. The van der Waals surface area contributed by atoms with Gasteiger partial charge >= 0.3 is 0 Å². The predicted octanol–water partition coefficient (Wildman–Crippen LogP) is 3.53. The van der Waals surface area contributed by atoms with E-state index in [2.05, 4.69) is 46.0 Å². The number of piperazine rings is 1. The number of allylic oxidation sites excluding steroid dienone is 2. The molecule has 1 aromatic heterocycles. The van der Waals surface area contributed by atoms with Crippen molar-refractivity contribution in [3.05, 3.63) is 69.7 Å². The zero-order valence-corrected chi connectivity index (χ0v) is 16.2. The predicted molar refractivity (Wildman–Crippen MR) is 110 cm³/mol. The summed E-state index contributed by atoms with van der Waals surface area (Å²) in [6.45, 7) is 15.6. The van der Waals surface area contributed by atoms with E-state index in [1.54, 1.807) is 6.07 Å². The molecule has 2 heterocycles. The number of fused-ring (bicyclic) bond motifs is 3. The third kappa shape index (κ3) is 2.35. The molecule has 5 rings (SSSR count). The van der Waals surface area contributed by atoms with Crippen LogP contribution in [0, 0.1) is 6.57 Å². The van der Waals surface area contributed by atoms with Crippen LogP contribution in [0.3, 0.4) is 0 Å². The number of nitrogens with zero attached hydrogens (tertiary/aromatic N) is 3. The smallest absolute Gasteiger partial charge is 0.269 e. The summed E-state index contributed by atoms with van der Waals surface area (Å²) in [6.07, 6.45) is 0.643. The highest BCUT2D eigenvalue weighted by molar-refractivity contribution is 6.32. The summed E-state index contributed by atoms with van der Waals surface area (Å²) in [4.78, 5) is 23.7. The quantitative estimate of drug-likeness (QED) is 0.781. The molecule has 0 unspecified atom stereocenters. The Kier molecular flexibility index (Phi) is 3.68. The van der Waals surface area contributed by atoms with Crippen LogP contribution in [0.15, 0.2) is 35.9 Å². The standard InChI is InChI=1S/C23H22N4O/c1-23(2)17-12-14(27-10-8-25-9-11-27)4-5-15(17)22(28)21-16-6-7-20(24-3)26-19(16)13-18(21)23/h4-7,12,25H,8-11,13H2,1-2H3. The topological polar surface area (TPSA) is 49.6 Å². The van der Waals surface area contributed by atoms with Crippen LogP contribution in [0.1, 0.15) is 41.0 Å². The number of nitrogens with one attached hydrogen (secondary N) is 1. The number of Topliss-reactive ketones (excluding diaryl/α,β-unsaturated/α-hetero) is 1. The molecule has 3 aliphatic rings. The lowest BCUT2D eigenvalue weighted by Crippen LogP contribution is -2.43. The number of hydrogen-bond acceptors (Lipinski definition) is 4. The fraction of sp³-hybridized carbons (Fsp3) is 0.348. The van der Waals surface area contributed by atoms with E-state index in [0.29, 0.717) is 12.2 Å². The lowest BCUT2D eigenvalue weighted by molar-refractivity contribution is 0.105. The Bertz CT molecular complexity index is 1080. The summed E-state index contributed by atoms with van der Waals surface area (Å²) >= 11 is 0. The van der Waals surface area contributed by atoms with Gasteiger partial charge in [-0.2, -0.15) is 0 Å². The fourth-order valence-electron chi connectivity index (χ4n) is 4.79. The number of anilines is 1. The van der Waals surface area contributed by atoms with Crippen molar-refractivity contribution in [2.75, 3.05) is 31.1 Å². The number of carbonyl (C=O) groups excluding carboxylic acids is 1. The zero-order valence-electron chi connectivity index (χ0n) is 16.2. The van der Waals surface area contributed by atoms with Crippen molar-refractivity contribution in [2.24, 2.45) is 0 Å². The highest BCUT2D eigenvalue weighted by atomic mass is 16.1. The monoisotopic (exact) mass is 370 g/mol. The van der Waals surface area contributed by atoms with Gasteiger partial charge < -0.3 is 15.1 Å². The van der Waals surface area contributed by atoms with Gasteiger partial charge in [0.2, 0.25) is 0 Å². The molecule has 1 N–H and O–H groups in total. The highest BCUT2D eigenvalue weighted by Crippen LogP contribution is 2.50. The Labute approximate surface area is 164 Å². The van der Waals surface area contributed by atoms with Crippen LogP contribution in [-0.4, -0.2) is 36.9 Å². The number of carbonyl (C=O) groups is 1. The molecule has 5 heteroatoms. The van der Waals surface area contributed by atoms with E-state index in [0.717, 1.165) is 59.7 Å². The van der Waals surface area contributed by atoms with Gasteiger partial charge in [0.05, 0.1) is 0 Å². The van der Waals surface area contributed by atoms with Crippen molar-refractivity contribution in [2.45, 2.75) is 25.7 Å². The lowest BCUT2D eigenvalue weighted by atomic mass is 9.68. The molecule has 140 valence electrons. The van der Waals surface area contributed by atoms with E-state index in [4.69, 9.17) is 6.57 Å². The van der Waals surface area contributed by atoms with E-state index in [1.807, 2.05) is 12.1 Å². The van der Waals surface area contributed by atoms with Gasteiger partial charge in [0.25, 0.3) is 5.82 Å². The summed E-state index contributed by atoms with van der Waals surface area (Å²) in [7, 11) is 0. The maximum atomic E-state index is 13.4. The van der Waals surface area contributed by atoms with Gasteiger partial charge in [0.15, 0.2) is 5.78 Å². The van der Waals surface area contributed by atoms with Crippen molar-refractivity contribution < 1.29 is 4.79 Å². The van der Waals surface area contributed by atoms with Crippen LogP contribution in [0.2, 0.25) is 0 Å². The molecule has 0 bridgehead atoms. The molecule has 1 aliphatic heterocycles. The van der Waals surface area contributed by atoms with Crippen LogP contribution in [-0.2, 0) is 11.8 Å². The molecular formula is C23H22N4O. The van der Waals surface area contributed by atoms with Crippen LogP contribution >= 0.6 is 0 Å². The lowest BCUT2D eigenvalue weighted by Gasteiger charge is -2.36. The Morgan fingerprint density at radius 1 is 1.14 bits per heavy atom. The van der Waals surface area contributed by atoms with Gasteiger partial charge in [0.1, 0.15) is 5.69 Å². The minimum atomic E-state index is -0.248. The number of benzene rings is 1. The van der Waals surface area contributed by atoms with Crippen molar-refractivity contribution >= 4 is 22.9 Å². The van der Waals surface area contributed by atoms with E-state index in [9.17, 15) is 4.79 Å². The van der Waals surface area contributed by atoms with Crippen LogP contribution in [0.25, 0.3) is 10.4 Å². The number of pyridine rings is 1. The van der Waals surface area contributed by atoms with E-state index in [-0.39, 0.29) is 11.2 Å². The van der Waals surface area contributed by atoms with Crippen LogP contribution in [0.4, 0.5) is 11.5 Å². The molecular weight excluding hydrogens is 348 g/mol. The molecule has 0 spiro atoms. The first kappa shape index (κ1) is 17.2. The molecule has 2 aromatic rings. The van der Waals surface area contributed by atoms with Gasteiger partial charge in [-0.05, 0) is 35.4 Å². The zero-order chi connectivity index (χ0) is 19.5. The first-order valence-corrected chi connectivity index (χ1v) is 9.77. The molecule has 0 atom stereocenters. The van der Waals surface area contributed by atoms with Gasteiger partial charge in [-0.1, -0.05) is 26.5 Å².